The molecule has 0 saturated heterocycles. The molecule has 0 unspecified atom stereocenters. The Kier molecular flexibility index (Phi) is 5.35. The third-order valence-electron chi connectivity index (χ3n) is 3.09. The number of nitrogens with zero attached hydrogens (tertiary/aromatic N) is 1. The maximum atomic E-state index is 11.7. The average molecular weight is 286 g/mol. The van der Waals surface area contributed by atoms with Crippen LogP contribution in [0.15, 0.2) is 12.4 Å². The first-order valence-corrected chi connectivity index (χ1v) is 8.50. The molecule has 1 aromatic heterocycles. The van der Waals surface area contributed by atoms with Crippen LogP contribution < -0.4 is 10.0 Å². The Hall–Kier alpha value is -0.920. The summed E-state index contributed by atoms with van der Waals surface area (Å²) < 4.78 is 26.0. The first-order chi connectivity index (χ1) is 9.16. The van der Waals surface area contributed by atoms with Gasteiger partial charge in [-0.05, 0) is 32.2 Å². The van der Waals surface area contributed by atoms with E-state index in [1.807, 2.05) is 0 Å². The number of aromatic nitrogens is 2. The minimum absolute atomic E-state index is 0.206. The van der Waals surface area contributed by atoms with E-state index >= 15 is 0 Å². The normalized spacial score (nSPS) is 15.8. The zero-order valence-corrected chi connectivity index (χ0v) is 11.9. The molecule has 1 saturated carbocycles. The molecule has 1 aliphatic carbocycles. The van der Waals surface area contributed by atoms with Gasteiger partial charge in [0.15, 0.2) is 0 Å². The molecule has 0 aliphatic heterocycles. The van der Waals surface area contributed by atoms with Crippen LogP contribution in [0.3, 0.4) is 0 Å². The fourth-order valence-corrected chi connectivity index (χ4v) is 2.98. The summed E-state index contributed by atoms with van der Waals surface area (Å²) in [4.78, 5) is 6.99. The third-order valence-corrected chi connectivity index (χ3v) is 4.56. The van der Waals surface area contributed by atoms with Crippen LogP contribution in [0, 0.1) is 0 Å². The van der Waals surface area contributed by atoms with Crippen LogP contribution in [0.4, 0.5) is 0 Å². The Morgan fingerprint density at radius 1 is 1.32 bits per heavy atom. The van der Waals surface area contributed by atoms with Crippen LogP contribution >= 0.6 is 0 Å². The minimum Gasteiger partial charge on any atom is -0.349 e. The van der Waals surface area contributed by atoms with E-state index in [4.69, 9.17) is 0 Å². The third kappa shape index (κ3) is 6.17. The monoisotopic (exact) mass is 286 g/mol. The van der Waals surface area contributed by atoms with Gasteiger partial charge in [-0.3, -0.25) is 0 Å². The van der Waals surface area contributed by atoms with Crippen LogP contribution in [0.5, 0.6) is 0 Å². The van der Waals surface area contributed by atoms with Crippen LogP contribution in [-0.4, -0.2) is 43.3 Å². The van der Waals surface area contributed by atoms with Crippen LogP contribution in [-0.2, 0) is 16.4 Å². The lowest BCUT2D eigenvalue weighted by Gasteiger charge is -2.06. The molecule has 1 fully saturated rings. The molecule has 0 bridgehead atoms. The van der Waals surface area contributed by atoms with Crippen molar-refractivity contribution in [2.24, 2.45) is 0 Å². The predicted octanol–water partition coefficient (Wildman–Crippen LogP) is 0.404. The molecule has 6 nitrogen and oxygen atoms in total. The van der Waals surface area contributed by atoms with E-state index in [-0.39, 0.29) is 5.75 Å². The number of sulfonamides is 1. The number of aromatic amines is 1. The van der Waals surface area contributed by atoms with Gasteiger partial charge in [0.05, 0.1) is 5.75 Å². The van der Waals surface area contributed by atoms with Crippen molar-refractivity contribution < 1.29 is 8.42 Å². The molecule has 0 amide bonds. The van der Waals surface area contributed by atoms with Crippen LogP contribution in [0.2, 0.25) is 0 Å². The first kappa shape index (κ1) is 14.5. The maximum Gasteiger partial charge on any atom is 0.211 e. The van der Waals surface area contributed by atoms with E-state index in [1.54, 1.807) is 12.4 Å². The molecule has 0 spiro atoms. The molecule has 19 heavy (non-hydrogen) atoms. The molecule has 0 aromatic carbocycles. The molecule has 0 radical (unpaired) electrons. The van der Waals surface area contributed by atoms with E-state index < -0.39 is 10.0 Å². The van der Waals surface area contributed by atoms with Gasteiger partial charge in [-0.25, -0.2) is 18.1 Å². The second kappa shape index (κ2) is 7.02. The fraction of sp³-hybridized carbons (Fsp3) is 0.750. The Morgan fingerprint density at radius 3 is 2.84 bits per heavy atom. The van der Waals surface area contributed by atoms with E-state index in [2.05, 4.69) is 20.0 Å². The maximum absolute atomic E-state index is 11.7. The van der Waals surface area contributed by atoms with Gasteiger partial charge in [0, 0.05) is 31.4 Å². The van der Waals surface area contributed by atoms with Gasteiger partial charge in [0.2, 0.25) is 10.0 Å². The molecule has 1 aliphatic rings. The molecular weight excluding hydrogens is 264 g/mol. The van der Waals surface area contributed by atoms with Crippen molar-refractivity contribution in [2.45, 2.75) is 38.1 Å². The van der Waals surface area contributed by atoms with Gasteiger partial charge in [-0.1, -0.05) is 0 Å². The van der Waals surface area contributed by atoms with Crippen molar-refractivity contribution >= 4 is 10.0 Å². The molecular formula is C12H22N4O2S. The standard InChI is InChI=1S/C12H22N4O2S/c17-19(18,10-2-1-6-13-11-3-4-11)16-7-5-12-14-8-9-15-12/h8-9,11,13,16H,1-7,10H2,(H,14,15). The highest BCUT2D eigenvalue weighted by atomic mass is 32.2. The molecule has 1 heterocycles. The number of unbranched alkanes of at least 4 members (excludes halogenated alkanes) is 1. The quantitative estimate of drug-likeness (QED) is 0.544. The highest BCUT2D eigenvalue weighted by Crippen LogP contribution is 2.18. The summed E-state index contributed by atoms with van der Waals surface area (Å²) in [7, 11) is -3.14. The van der Waals surface area contributed by atoms with Crippen LogP contribution in [0.1, 0.15) is 31.5 Å². The van der Waals surface area contributed by atoms with Crippen LogP contribution in [0.25, 0.3) is 0 Å². The molecule has 1 aromatic rings. The summed E-state index contributed by atoms with van der Waals surface area (Å²) in [5, 5.41) is 3.38. The van der Waals surface area contributed by atoms with Crippen molar-refractivity contribution in [3.63, 3.8) is 0 Å². The number of imidazole rings is 1. The second-order valence-corrected chi connectivity index (χ2v) is 6.86. The van der Waals surface area contributed by atoms with Crippen molar-refractivity contribution in [3.8, 4) is 0 Å². The van der Waals surface area contributed by atoms with Gasteiger partial charge in [0.1, 0.15) is 5.82 Å². The minimum atomic E-state index is -3.14. The number of hydrogen-bond acceptors (Lipinski definition) is 4. The fourth-order valence-electron chi connectivity index (χ4n) is 1.84. The lowest BCUT2D eigenvalue weighted by molar-refractivity contribution is 0.572. The summed E-state index contributed by atoms with van der Waals surface area (Å²) in [6.45, 7) is 1.32. The number of nitrogens with one attached hydrogen (secondary N) is 3. The zero-order valence-electron chi connectivity index (χ0n) is 11.1. The van der Waals surface area contributed by atoms with Crippen molar-refractivity contribution in [2.75, 3.05) is 18.8 Å². The van der Waals surface area contributed by atoms with Gasteiger partial charge < -0.3 is 10.3 Å². The largest absolute Gasteiger partial charge is 0.349 e. The summed E-state index contributed by atoms with van der Waals surface area (Å²) in [6, 6.07) is 0.697. The summed E-state index contributed by atoms with van der Waals surface area (Å²) in [5.74, 6) is 1.01. The van der Waals surface area contributed by atoms with E-state index in [1.165, 1.54) is 12.8 Å². The van der Waals surface area contributed by atoms with Gasteiger partial charge in [-0.2, -0.15) is 0 Å². The van der Waals surface area contributed by atoms with E-state index in [9.17, 15) is 8.42 Å². The SMILES string of the molecule is O=S(=O)(CCCCNC1CC1)NCCc1ncc[nH]1. The Balaban J connectivity index is 1.53. The zero-order chi connectivity index (χ0) is 13.6. The van der Waals surface area contributed by atoms with Gasteiger partial charge in [-0.15, -0.1) is 0 Å². The lowest BCUT2D eigenvalue weighted by atomic mass is 10.3. The summed E-state index contributed by atoms with van der Waals surface area (Å²) in [6.07, 6.45) is 8.15. The lowest BCUT2D eigenvalue weighted by Crippen LogP contribution is -2.29. The highest BCUT2D eigenvalue weighted by Gasteiger charge is 2.19. The topological polar surface area (TPSA) is 86.9 Å². The highest BCUT2D eigenvalue weighted by molar-refractivity contribution is 7.89. The molecule has 0 atom stereocenters. The first-order valence-electron chi connectivity index (χ1n) is 6.85. The molecule has 7 heteroatoms. The van der Waals surface area contributed by atoms with Gasteiger partial charge in [0.25, 0.3) is 0 Å². The Morgan fingerprint density at radius 2 is 2.16 bits per heavy atom. The van der Waals surface area contributed by atoms with E-state index in [0.29, 0.717) is 25.4 Å². The number of H-pyrrole nitrogens is 1. The number of hydrogen-bond donors (Lipinski definition) is 3. The van der Waals surface area contributed by atoms with E-state index in [0.717, 1.165) is 18.8 Å². The Labute approximate surface area is 114 Å². The number of rotatable bonds is 10. The van der Waals surface area contributed by atoms with Crippen molar-refractivity contribution in [3.05, 3.63) is 18.2 Å². The van der Waals surface area contributed by atoms with Gasteiger partial charge >= 0.3 is 0 Å². The predicted molar refractivity (Wildman–Crippen MR) is 74.3 cm³/mol. The summed E-state index contributed by atoms with van der Waals surface area (Å²) in [5.41, 5.74) is 0. The second-order valence-electron chi connectivity index (χ2n) is 4.93. The summed E-state index contributed by atoms with van der Waals surface area (Å²) >= 11 is 0. The molecule has 2 rings (SSSR count). The average Bonchev–Trinajstić information content (AvgIpc) is 3.04. The molecule has 3 N–H and O–H groups in total. The Bertz CT molecular complexity index is 454. The molecule has 108 valence electrons. The smallest absolute Gasteiger partial charge is 0.211 e. The van der Waals surface area contributed by atoms with Crippen molar-refractivity contribution in [1.29, 1.82) is 0 Å². The van der Waals surface area contributed by atoms with Crippen molar-refractivity contribution in [1.82, 2.24) is 20.0 Å².